The number of amides is 1. The van der Waals surface area contributed by atoms with Crippen molar-refractivity contribution < 1.29 is 9.53 Å². The number of piperidine rings is 1. The molecule has 0 aromatic carbocycles. The normalized spacial score (nSPS) is 20.6. The number of carbonyl (C=O) groups excluding carboxylic acids is 1. The molecule has 0 aromatic heterocycles. The predicted molar refractivity (Wildman–Crippen MR) is 77.2 cm³/mol. The van der Waals surface area contributed by atoms with Crippen molar-refractivity contribution in [2.24, 2.45) is 0 Å². The molecule has 1 saturated heterocycles. The smallest absolute Gasteiger partial charge is 0.239 e. The summed E-state index contributed by atoms with van der Waals surface area (Å²) in [6.45, 7) is 8.02. The maximum absolute atomic E-state index is 12.2. The van der Waals surface area contributed by atoms with Crippen LogP contribution in [-0.4, -0.2) is 74.7 Å². The van der Waals surface area contributed by atoms with Gasteiger partial charge < -0.3 is 19.9 Å². The summed E-state index contributed by atoms with van der Waals surface area (Å²) in [5.74, 6) is 0.233. The molecule has 1 rings (SSSR count). The number of nitrogens with one attached hydrogen (secondary N) is 1. The lowest BCUT2D eigenvalue weighted by atomic mass is 10.0. The quantitative estimate of drug-likeness (QED) is 0.655. The number of rotatable bonds is 8. The predicted octanol–water partition coefficient (Wildman–Crippen LogP) is 0.554. The van der Waals surface area contributed by atoms with Gasteiger partial charge in [-0.1, -0.05) is 13.8 Å². The number of likely N-dealkylation sites (N-methyl/N-ethyl adjacent to an activating group) is 1. The second-order valence-electron chi connectivity index (χ2n) is 5.76. The van der Waals surface area contributed by atoms with Crippen molar-refractivity contribution in [3.63, 3.8) is 0 Å². The van der Waals surface area contributed by atoms with Crippen LogP contribution in [0.1, 0.15) is 26.7 Å². The van der Waals surface area contributed by atoms with Gasteiger partial charge in [-0.05, 0) is 26.9 Å². The van der Waals surface area contributed by atoms with Crippen molar-refractivity contribution in [1.82, 2.24) is 15.1 Å². The molecule has 0 saturated carbocycles. The van der Waals surface area contributed by atoms with E-state index in [0.29, 0.717) is 19.2 Å². The van der Waals surface area contributed by atoms with Gasteiger partial charge in [-0.15, -0.1) is 0 Å². The van der Waals surface area contributed by atoms with E-state index < -0.39 is 0 Å². The first-order valence-electron chi connectivity index (χ1n) is 7.28. The number of ether oxygens (including phenoxy) is 1. The maximum Gasteiger partial charge on any atom is 0.239 e. The van der Waals surface area contributed by atoms with Gasteiger partial charge in [-0.25, -0.2) is 0 Å². The van der Waals surface area contributed by atoms with E-state index in [1.807, 2.05) is 19.0 Å². The molecule has 0 aromatic rings. The van der Waals surface area contributed by atoms with E-state index in [9.17, 15) is 4.79 Å². The molecular formula is C14H29N3O2. The van der Waals surface area contributed by atoms with Crippen LogP contribution in [0.15, 0.2) is 0 Å². The number of hydrogen-bond donors (Lipinski definition) is 1. The summed E-state index contributed by atoms with van der Waals surface area (Å²) in [6, 6.07) is 0.348. The Kier molecular flexibility index (Phi) is 7.34. The zero-order valence-electron chi connectivity index (χ0n) is 12.8. The molecule has 0 radical (unpaired) electrons. The average Bonchev–Trinajstić information content (AvgIpc) is 2.32. The first-order valence-corrected chi connectivity index (χ1v) is 7.28. The summed E-state index contributed by atoms with van der Waals surface area (Å²) in [4.78, 5) is 16.3. The lowest BCUT2D eigenvalue weighted by molar-refractivity contribution is -0.137. The Morgan fingerprint density at radius 1 is 1.42 bits per heavy atom. The molecular weight excluding hydrogens is 242 g/mol. The van der Waals surface area contributed by atoms with Crippen molar-refractivity contribution in [3.05, 3.63) is 0 Å². The maximum atomic E-state index is 12.2. The van der Waals surface area contributed by atoms with Crippen LogP contribution < -0.4 is 5.32 Å². The second-order valence-corrected chi connectivity index (χ2v) is 5.76. The van der Waals surface area contributed by atoms with Crippen LogP contribution in [0.25, 0.3) is 0 Å². The molecule has 0 bridgehead atoms. The minimum atomic E-state index is -0.00414. The van der Waals surface area contributed by atoms with Crippen molar-refractivity contribution >= 4 is 5.91 Å². The molecule has 19 heavy (non-hydrogen) atoms. The van der Waals surface area contributed by atoms with Gasteiger partial charge in [-0.3, -0.25) is 4.79 Å². The van der Waals surface area contributed by atoms with Crippen molar-refractivity contribution in [3.8, 4) is 0 Å². The summed E-state index contributed by atoms with van der Waals surface area (Å²) in [5.41, 5.74) is 0. The molecule has 1 fully saturated rings. The number of nitrogens with zero attached hydrogens (tertiary/aromatic N) is 2. The van der Waals surface area contributed by atoms with Gasteiger partial charge in [0, 0.05) is 25.7 Å². The Balaban J connectivity index is 2.23. The van der Waals surface area contributed by atoms with Gasteiger partial charge >= 0.3 is 0 Å². The van der Waals surface area contributed by atoms with Gasteiger partial charge in [0.2, 0.25) is 5.91 Å². The van der Waals surface area contributed by atoms with Crippen LogP contribution >= 0.6 is 0 Å². The molecule has 5 heteroatoms. The molecule has 112 valence electrons. The summed E-state index contributed by atoms with van der Waals surface area (Å²) < 4.78 is 5.56. The zero-order chi connectivity index (χ0) is 14.3. The van der Waals surface area contributed by atoms with Crippen LogP contribution in [-0.2, 0) is 9.53 Å². The first kappa shape index (κ1) is 16.4. The molecule has 1 amide bonds. The minimum absolute atomic E-state index is 0.00414. The van der Waals surface area contributed by atoms with Crippen molar-refractivity contribution in [2.45, 2.75) is 38.8 Å². The lowest BCUT2D eigenvalue weighted by Gasteiger charge is -2.33. The average molecular weight is 271 g/mol. The van der Waals surface area contributed by atoms with Gasteiger partial charge in [-0.2, -0.15) is 0 Å². The summed E-state index contributed by atoms with van der Waals surface area (Å²) in [7, 11) is 4.05. The van der Waals surface area contributed by atoms with E-state index in [1.54, 1.807) is 0 Å². The molecule has 1 heterocycles. The molecule has 1 aliphatic rings. The van der Waals surface area contributed by atoms with Crippen LogP contribution in [0.5, 0.6) is 0 Å². The van der Waals surface area contributed by atoms with E-state index in [-0.39, 0.29) is 11.9 Å². The van der Waals surface area contributed by atoms with E-state index >= 15 is 0 Å². The SMILES string of the molecule is CC(C)NC1CCCN(CCOCCN(C)C)C1=O. The number of hydrogen-bond acceptors (Lipinski definition) is 4. The van der Waals surface area contributed by atoms with Crippen LogP contribution in [0.4, 0.5) is 0 Å². The fourth-order valence-electron chi connectivity index (χ4n) is 2.24. The second kappa shape index (κ2) is 8.51. The molecule has 0 spiro atoms. The van der Waals surface area contributed by atoms with Crippen molar-refractivity contribution in [2.75, 3.05) is 46.9 Å². The molecule has 5 nitrogen and oxygen atoms in total. The van der Waals surface area contributed by atoms with E-state index in [0.717, 1.165) is 32.5 Å². The Bertz CT molecular complexity index is 269. The number of likely N-dealkylation sites (tertiary alicyclic amines) is 1. The van der Waals surface area contributed by atoms with Crippen LogP contribution in [0.2, 0.25) is 0 Å². The van der Waals surface area contributed by atoms with Gasteiger partial charge in [0.25, 0.3) is 0 Å². The highest BCUT2D eigenvalue weighted by Crippen LogP contribution is 2.12. The van der Waals surface area contributed by atoms with Gasteiger partial charge in [0.1, 0.15) is 0 Å². The Labute approximate surface area is 117 Å². The Morgan fingerprint density at radius 2 is 2.16 bits per heavy atom. The summed E-state index contributed by atoms with van der Waals surface area (Å²) in [5, 5.41) is 3.34. The molecule has 0 aliphatic carbocycles. The topological polar surface area (TPSA) is 44.8 Å². The highest BCUT2D eigenvalue weighted by Gasteiger charge is 2.28. The fourth-order valence-corrected chi connectivity index (χ4v) is 2.24. The fraction of sp³-hybridized carbons (Fsp3) is 0.929. The van der Waals surface area contributed by atoms with E-state index in [1.165, 1.54) is 0 Å². The van der Waals surface area contributed by atoms with E-state index in [2.05, 4.69) is 24.1 Å². The van der Waals surface area contributed by atoms with Gasteiger partial charge in [0.15, 0.2) is 0 Å². The monoisotopic (exact) mass is 271 g/mol. The highest BCUT2D eigenvalue weighted by molar-refractivity contribution is 5.82. The minimum Gasteiger partial charge on any atom is -0.378 e. The van der Waals surface area contributed by atoms with Gasteiger partial charge in [0.05, 0.1) is 19.3 Å². The third kappa shape index (κ3) is 6.36. The summed E-state index contributed by atoms with van der Waals surface area (Å²) in [6.07, 6.45) is 2.03. The molecule has 1 unspecified atom stereocenters. The van der Waals surface area contributed by atoms with E-state index in [4.69, 9.17) is 4.74 Å². The first-order chi connectivity index (χ1) is 9.00. The van der Waals surface area contributed by atoms with Crippen molar-refractivity contribution in [1.29, 1.82) is 0 Å². The summed E-state index contributed by atoms with van der Waals surface area (Å²) >= 11 is 0. The lowest BCUT2D eigenvalue weighted by Crippen LogP contribution is -2.53. The standard InChI is InChI=1S/C14H29N3O2/c1-12(2)15-13-6-5-7-17(14(13)18)9-11-19-10-8-16(3)4/h12-13,15H,5-11H2,1-4H3. The Morgan fingerprint density at radius 3 is 2.79 bits per heavy atom. The molecule has 1 N–H and O–H groups in total. The molecule has 1 atom stereocenters. The highest BCUT2D eigenvalue weighted by atomic mass is 16.5. The Hall–Kier alpha value is -0.650. The van der Waals surface area contributed by atoms with Crippen LogP contribution in [0, 0.1) is 0 Å². The zero-order valence-corrected chi connectivity index (χ0v) is 12.8. The third-order valence-corrected chi connectivity index (χ3v) is 3.25. The number of carbonyl (C=O) groups is 1. The third-order valence-electron chi connectivity index (χ3n) is 3.25. The van der Waals surface area contributed by atoms with Crippen LogP contribution in [0.3, 0.4) is 0 Å². The molecule has 1 aliphatic heterocycles. The largest absolute Gasteiger partial charge is 0.378 e.